The van der Waals surface area contributed by atoms with E-state index >= 15 is 0 Å². The van der Waals surface area contributed by atoms with Crippen molar-refractivity contribution in [3.05, 3.63) is 35.6 Å². The number of aliphatic hydroxyl groups is 3. The van der Waals surface area contributed by atoms with Crippen LogP contribution < -0.4 is 10.6 Å². The maximum Gasteiger partial charge on any atom is 0.407 e. The number of alkyl carbamates (subject to hydrolysis) is 1. The zero-order valence-electron chi connectivity index (χ0n) is 44.6. The zero-order valence-corrected chi connectivity index (χ0v) is 44.6. The average molecular weight is 1010 g/mol. The van der Waals surface area contributed by atoms with Crippen LogP contribution in [0.1, 0.15) is 126 Å². The van der Waals surface area contributed by atoms with E-state index < -0.39 is 108 Å². The minimum Gasteiger partial charge on any atom is -0.459 e. The molecule has 3 fully saturated rings. The van der Waals surface area contributed by atoms with Crippen LogP contribution in [0.25, 0.3) is 0 Å². The number of amides is 2. The Morgan fingerprint density at radius 2 is 1.49 bits per heavy atom. The van der Waals surface area contributed by atoms with Gasteiger partial charge in [0.1, 0.15) is 35.0 Å². The maximum atomic E-state index is 14.5. The number of carbonyl (C=O) groups excluding carboxylic acids is 4. The number of methoxy groups -OCH3 is 2. The van der Waals surface area contributed by atoms with Gasteiger partial charge >= 0.3 is 12.1 Å². The molecule has 18 atom stereocenters. The number of nitrogens with one attached hydrogen (secondary N) is 2. The molecule has 3 heterocycles. The summed E-state index contributed by atoms with van der Waals surface area (Å²) in [5.74, 6) is -5.28. The Kier molecular flexibility index (Phi) is 22.2. The van der Waals surface area contributed by atoms with Crippen molar-refractivity contribution in [2.75, 3.05) is 34.9 Å². The fourth-order valence-corrected chi connectivity index (χ4v) is 10.6. The standard InChI is InChI=1S/C52H86FN3O15/c1-15-38-52(10,63)44(60)31(4)41(58)29(2)26-50(8,64-13)45(70-48-42(59)37(56(11)12)25-30(3)66-48)32(5)43(33(6)47(61)68-38)69-40-27-51(9,65-14)46(34(7)67-40)71-49(62)54-24-18-16-17-19-39(57)55-28-35-20-22-36(53)23-21-35/h20-23,29-34,37-38,40,42-46,48,59-60,63H,15-19,24-28H2,1-14H3,(H,54,62)(H,55,57)/t29-,30-,31+,32+,33-,34+,37+,38-,40+,42-,43+,44-,45-,46+,48+,50+,51-,52-/m1/s1. The first-order chi connectivity index (χ1) is 33.2. The van der Waals surface area contributed by atoms with Crippen LogP contribution in [0.4, 0.5) is 9.18 Å². The lowest BCUT2D eigenvalue weighted by Gasteiger charge is -2.50. The number of rotatable bonds is 17. The van der Waals surface area contributed by atoms with E-state index in [-0.39, 0.29) is 48.9 Å². The third-order valence-corrected chi connectivity index (χ3v) is 15.2. The summed E-state index contributed by atoms with van der Waals surface area (Å²) >= 11 is 0. The van der Waals surface area contributed by atoms with Crippen LogP contribution in [-0.2, 0) is 58.8 Å². The van der Waals surface area contributed by atoms with Crippen molar-refractivity contribution in [2.45, 2.75) is 211 Å². The summed E-state index contributed by atoms with van der Waals surface area (Å²) in [6.07, 6.45) is -8.12. The van der Waals surface area contributed by atoms with Gasteiger partial charge in [-0.25, -0.2) is 9.18 Å². The number of hydrogen-bond donors (Lipinski definition) is 5. The molecule has 0 spiro atoms. The molecule has 19 heteroatoms. The van der Waals surface area contributed by atoms with Gasteiger partial charge in [-0.05, 0) is 105 Å². The van der Waals surface area contributed by atoms with Crippen LogP contribution in [-0.4, -0.2) is 163 Å². The van der Waals surface area contributed by atoms with Crippen molar-refractivity contribution >= 4 is 23.8 Å². The smallest absolute Gasteiger partial charge is 0.407 e. The number of nitrogens with zero attached hydrogens (tertiary/aromatic N) is 1. The van der Waals surface area contributed by atoms with Crippen molar-refractivity contribution in [1.29, 1.82) is 0 Å². The van der Waals surface area contributed by atoms with E-state index in [0.29, 0.717) is 45.2 Å². The summed E-state index contributed by atoms with van der Waals surface area (Å²) in [6, 6.07) is 5.60. The lowest BCUT2D eigenvalue weighted by molar-refractivity contribution is -0.319. The van der Waals surface area contributed by atoms with Crippen LogP contribution in [0, 0.1) is 29.5 Å². The Hall–Kier alpha value is -3.37. The molecule has 406 valence electrons. The van der Waals surface area contributed by atoms with E-state index in [1.54, 1.807) is 53.7 Å². The Bertz CT molecular complexity index is 1880. The van der Waals surface area contributed by atoms with Gasteiger partial charge in [-0.1, -0.05) is 46.2 Å². The number of ether oxygens (including phenoxy) is 8. The number of unbranched alkanes of at least 4 members (excludes halogenated alkanes) is 2. The molecule has 0 unspecified atom stereocenters. The lowest BCUT2D eigenvalue weighted by Crippen LogP contribution is -2.62. The molecule has 0 bridgehead atoms. The molecule has 0 saturated carbocycles. The van der Waals surface area contributed by atoms with Crippen LogP contribution in [0.15, 0.2) is 24.3 Å². The van der Waals surface area contributed by atoms with E-state index in [4.69, 9.17) is 37.9 Å². The number of cyclic esters (lactones) is 1. The minimum absolute atomic E-state index is 0.0292. The monoisotopic (exact) mass is 1010 g/mol. The molecule has 3 saturated heterocycles. The number of ketones is 1. The van der Waals surface area contributed by atoms with Crippen LogP contribution in [0.5, 0.6) is 0 Å². The second kappa shape index (κ2) is 26.2. The van der Waals surface area contributed by atoms with Crippen molar-refractivity contribution < 1.29 is 76.8 Å². The first kappa shape index (κ1) is 60.2. The topological polar surface area (TPSA) is 230 Å². The van der Waals surface area contributed by atoms with Gasteiger partial charge in [0.25, 0.3) is 0 Å². The predicted octanol–water partition coefficient (Wildman–Crippen LogP) is 5.19. The fourth-order valence-electron chi connectivity index (χ4n) is 10.6. The van der Waals surface area contributed by atoms with Crippen molar-refractivity contribution in [2.24, 2.45) is 23.7 Å². The molecule has 3 aliphatic heterocycles. The molecule has 4 rings (SSSR count). The Labute approximate surface area is 420 Å². The van der Waals surface area contributed by atoms with Crippen LogP contribution >= 0.6 is 0 Å². The third kappa shape index (κ3) is 15.4. The molecule has 0 aromatic heterocycles. The van der Waals surface area contributed by atoms with Crippen LogP contribution in [0.2, 0.25) is 0 Å². The quantitative estimate of drug-likeness (QED) is 0.0999. The number of Topliss-reactive ketones (excluding diaryl/α,β-unsaturated/α-hetero) is 1. The second-order valence-electron chi connectivity index (χ2n) is 21.2. The summed E-state index contributed by atoms with van der Waals surface area (Å²) < 4.78 is 64.1. The first-order valence-corrected chi connectivity index (χ1v) is 25.4. The highest BCUT2D eigenvalue weighted by Gasteiger charge is 2.55. The number of esters is 1. The lowest BCUT2D eigenvalue weighted by atomic mass is 9.74. The molecular weight excluding hydrogens is 926 g/mol. The number of aliphatic hydroxyl groups excluding tert-OH is 2. The van der Waals surface area contributed by atoms with E-state index in [1.807, 2.05) is 32.8 Å². The second-order valence-corrected chi connectivity index (χ2v) is 21.2. The van der Waals surface area contributed by atoms with E-state index in [0.717, 1.165) is 5.56 Å². The molecule has 0 aliphatic carbocycles. The molecule has 1 aromatic rings. The van der Waals surface area contributed by atoms with Crippen molar-refractivity contribution in [3.8, 4) is 0 Å². The summed E-state index contributed by atoms with van der Waals surface area (Å²) in [6.45, 7) is 17.5. The van der Waals surface area contributed by atoms with Gasteiger partial charge < -0.3 is 68.7 Å². The molecule has 0 radical (unpaired) electrons. The van der Waals surface area contributed by atoms with Gasteiger partial charge in [0.05, 0.1) is 42.0 Å². The van der Waals surface area contributed by atoms with E-state index in [2.05, 4.69) is 10.6 Å². The first-order valence-electron chi connectivity index (χ1n) is 25.4. The summed E-state index contributed by atoms with van der Waals surface area (Å²) in [5, 5.41) is 40.8. The molecule has 3 aliphatic rings. The largest absolute Gasteiger partial charge is 0.459 e. The molecule has 5 N–H and O–H groups in total. The van der Waals surface area contributed by atoms with E-state index in [1.165, 1.54) is 40.2 Å². The van der Waals surface area contributed by atoms with Gasteiger partial charge in [0.15, 0.2) is 18.7 Å². The third-order valence-electron chi connectivity index (χ3n) is 15.2. The van der Waals surface area contributed by atoms with Gasteiger partial charge in [0.2, 0.25) is 5.91 Å². The summed E-state index contributed by atoms with van der Waals surface area (Å²) in [5.41, 5.74) is -3.72. The Balaban J connectivity index is 1.57. The zero-order chi connectivity index (χ0) is 53.2. The van der Waals surface area contributed by atoms with Crippen molar-refractivity contribution in [3.63, 3.8) is 0 Å². The highest BCUT2D eigenvalue weighted by Crippen LogP contribution is 2.42. The molecular formula is C52H86FN3O15. The highest BCUT2D eigenvalue weighted by molar-refractivity contribution is 5.83. The van der Waals surface area contributed by atoms with Crippen molar-refractivity contribution in [1.82, 2.24) is 15.5 Å². The summed E-state index contributed by atoms with van der Waals surface area (Å²) in [7, 11) is 6.71. The SMILES string of the molecule is CC[C@H]1OC(=O)[C@H](C)[C@@H](O[C@H]2C[C@@](C)(OC)[C@@H](OC(=O)NCCCCCC(=O)NCc3ccc(F)cc3)[C@H](C)O2)[C@H](C)[C@@H](O[C@@H]2O[C@H](C)C[C@H](N(C)C)[C@H]2O)[C@@](C)(OC)C[C@@H](C)C(=O)[C@H](C)[C@@H](O)[C@]1(C)O. The van der Waals surface area contributed by atoms with Gasteiger partial charge in [-0.2, -0.15) is 0 Å². The molecule has 1 aromatic carbocycles. The van der Waals surface area contributed by atoms with Gasteiger partial charge in [-0.15, -0.1) is 0 Å². The van der Waals surface area contributed by atoms with Crippen LogP contribution in [0.3, 0.4) is 0 Å². The highest BCUT2D eigenvalue weighted by atomic mass is 19.1. The molecule has 71 heavy (non-hydrogen) atoms. The fraction of sp³-hybridized carbons (Fsp3) is 0.808. The predicted molar refractivity (Wildman–Crippen MR) is 260 cm³/mol. The molecule has 18 nitrogen and oxygen atoms in total. The molecule has 2 amide bonds. The number of halogens is 1. The summed E-state index contributed by atoms with van der Waals surface area (Å²) in [4.78, 5) is 56.2. The number of carbonyl (C=O) groups is 4. The Morgan fingerprint density at radius 3 is 2.10 bits per heavy atom. The normalized spacial score (nSPS) is 38.8. The number of likely N-dealkylation sites (N-methyl/N-ethyl adjacent to an activating group) is 1. The van der Waals surface area contributed by atoms with E-state index in [9.17, 15) is 38.9 Å². The van der Waals surface area contributed by atoms with Gasteiger partial charge in [0, 0.05) is 63.9 Å². The Morgan fingerprint density at radius 1 is 0.859 bits per heavy atom. The number of benzene rings is 1. The maximum absolute atomic E-state index is 14.5. The minimum atomic E-state index is -2.02. The van der Waals surface area contributed by atoms with Gasteiger partial charge in [-0.3, -0.25) is 14.4 Å². The number of hydrogen-bond acceptors (Lipinski definition) is 16. The average Bonchev–Trinajstić information content (AvgIpc) is 3.32.